The lowest BCUT2D eigenvalue weighted by Gasteiger charge is -2.38. The molecule has 0 aromatic heterocycles. The van der Waals surface area contributed by atoms with Crippen molar-refractivity contribution in [1.29, 1.82) is 0 Å². The van der Waals surface area contributed by atoms with Crippen LogP contribution in [0.5, 0.6) is 0 Å². The molecule has 0 aromatic rings. The fourth-order valence-electron chi connectivity index (χ4n) is 6.24. The molecule has 3 rings (SSSR count). The Labute approximate surface area is 255 Å². The van der Waals surface area contributed by atoms with Crippen LogP contribution in [0.25, 0.3) is 0 Å². The molecule has 1 heterocycles. The number of Topliss-reactive ketones (excluding diaryl/α,β-unsaturated/α-hetero) is 1. The average molecular weight is 627 g/mol. The molecule has 14 heteroatoms. The van der Waals surface area contributed by atoms with E-state index in [2.05, 4.69) is 20.7 Å². The van der Waals surface area contributed by atoms with Gasteiger partial charge in [-0.05, 0) is 40.9 Å². The van der Waals surface area contributed by atoms with Crippen LogP contribution in [0.2, 0.25) is 0 Å². The van der Waals surface area contributed by atoms with Crippen molar-refractivity contribution in [2.24, 2.45) is 40.2 Å². The van der Waals surface area contributed by atoms with Gasteiger partial charge < -0.3 is 26.6 Å². The Morgan fingerprint density at radius 1 is 1.05 bits per heavy atom. The summed E-state index contributed by atoms with van der Waals surface area (Å²) in [7, 11) is -3.48. The second-order valence-electron chi connectivity index (χ2n) is 14.4. The molecule has 1 aliphatic heterocycles. The second kappa shape index (κ2) is 12.7. The van der Waals surface area contributed by atoms with E-state index in [1.165, 1.54) is 4.90 Å². The van der Waals surface area contributed by atoms with E-state index in [4.69, 9.17) is 5.73 Å². The summed E-state index contributed by atoms with van der Waals surface area (Å²) >= 11 is 0. The molecule has 0 aromatic carbocycles. The summed E-state index contributed by atoms with van der Waals surface area (Å²) in [4.78, 5) is 66.9. The number of ketones is 1. The highest BCUT2D eigenvalue weighted by Gasteiger charge is 2.70. The zero-order chi connectivity index (χ0) is 32.7. The predicted octanol–water partition coefficient (Wildman–Crippen LogP) is 0.487. The van der Waals surface area contributed by atoms with Crippen LogP contribution in [0.3, 0.4) is 0 Å². The van der Waals surface area contributed by atoms with Gasteiger partial charge >= 0.3 is 6.03 Å². The zero-order valence-corrected chi connectivity index (χ0v) is 27.5. The third kappa shape index (κ3) is 8.46. The largest absolute Gasteiger partial charge is 0.363 e. The number of rotatable bonds is 14. The van der Waals surface area contributed by atoms with Gasteiger partial charge in [-0.15, -0.1) is 0 Å². The number of urea groups is 1. The third-order valence-corrected chi connectivity index (χ3v) is 10.2. The zero-order valence-electron chi connectivity index (χ0n) is 26.7. The molecule has 2 aliphatic carbocycles. The molecule has 3 aliphatic rings. The van der Waals surface area contributed by atoms with Crippen molar-refractivity contribution in [3.05, 3.63) is 0 Å². The van der Waals surface area contributed by atoms with Gasteiger partial charge in [0.1, 0.15) is 12.1 Å². The minimum absolute atomic E-state index is 0.00570. The van der Waals surface area contributed by atoms with Gasteiger partial charge in [0.25, 0.3) is 5.91 Å². The van der Waals surface area contributed by atoms with E-state index in [0.29, 0.717) is 19.4 Å². The van der Waals surface area contributed by atoms with Gasteiger partial charge in [-0.25, -0.2) is 17.9 Å². The van der Waals surface area contributed by atoms with Crippen LogP contribution in [-0.2, 0) is 29.2 Å². The minimum Gasteiger partial charge on any atom is -0.363 e. The van der Waals surface area contributed by atoms with Crippen molar-refractivity contribution in [2.45, 2.75) is 98.3 Å². The number of piperidine rings is 1. The van der Waals surface area contributed by atoms with E-state index in [1.54, 1.807) is 20.8 Å². The molecule has 3 fully saturated rings. The van der Waals surface area contributed by atoms with Crippen molar-refractivity contribution in [3.8, 4) is 0 Å². The Morgan fingerprint density at radius 3 is 2.14 bits per heavy atom. The number of amides is 5. The van der Waals surface area contributed by atoms with Crippen molar-refractivity contribution in [2.75, 3.05) is 19.3 Å². The Kier molecular flexibility index (Phi) is 10.3. The number of fused-ring (bicyclic) bond motifs is 1. The maximum atomic E-state index is 14.1. The van der Waals surface area contributed by atoms with E-state index in [1.807, 2.05) is 27.7 Å². The molecular weight excluding hydrogens is 576 g/mol. The molecule has 13 nitrogen and oxygen atoms in total. The molecule has 0 radical (unpaired) electrons. The lowest BCUT2D eigenvalue weighted by Crippen LogP contribution is -2.62. The molecule has 244 valence electrons. The molecule has 1 unspecified atom stereocenters. The monoisotopic (exact) mass is 626 g/mol. The first kappa shape index (κ1) is 34.7. The standard InChI is InChI=1S/C29H50N6O7S/c1-9-15(2)19(13-31-43(8,41)42)33-27(40)34-23(28(3,4)5)26(39)35-14-17-20(29(17,6)7)21(35)25(38)32-18(12-16-10-11-16)22(36)24(30)37/h15-21,23,31H,9-14H2,1-8H3,(H2,30,37)(H,32,38)(H2,33,34,40)/t15-,17-,18?,19+,20-,21-,23+/m0/s1. The first-order valence-electron chi connectivity index (χ1n) is 15.1. The summed E-state index contributed by atoms with van der Waals surface area (Å²) in [5.41, 5.74) is 4.33. The van der Waals surface area contributed by atoms with Crippen molar-refractivity contribution in [1.82, 2.24) is 25.6 Å². The summed E-state index contributed by atoms with van der Waals surface area (Å²) in [5.74, 6) is -2.81. The summed E-state index contributed by atoms with van der Waals surface area (Å²) in [6, 6.07) is -4.10. The molecule has 2 saturated carbocycles. The molecule has 43 heavy (non-hydrogen) atoms. The third-order valence-electron chi connectivity index (χ3n) is 9.50. The molecule has 0 spiro atoms. The Hall–Kier alpha value is -2.74. The van der Waals surface area contributed by atoms with Gasteiger partial charge in [0.2, 0.25) is 27.6 Å². The van der Waals surface area contributed by atoms with E-state index in [9.17, 15) is 32.4 Å². The highest BCUT2D eigenvalue weighted by atomic mass is 32.2. The SMILES string of the molecule is CC[C@H](C)[C@@H](CNS(C)(=O)=O)NC(=O)N[C@H](C(=O)N1C[C@H]2[C@@H]([C@H]1C(=O)NC(CC1CC1)C(=O)C(N)=O)C2(C)C)C(C)(C)C. The number of nitrogens with zero attached hydrogens (tertiary/aromatic N) is 1. The predicted molar refractivity (Wildman–Crippen MR) is 161 cm³/mol. The van der Waals surface area contributed by atoms with Crippen LogP contribution >= 0.6 is 0 Å². The number of hydrogen-bond donors (Lipinski definition) is 5. The van der Waals surface area contributed by atoms with Gasteiger partial charge in [0.05, 0.1) is 12.3 Å². The van der Waals surface area contributed by atoms with E-state index in [-0.39, 0.29) is 35.6 Å². The van der Waals surface area contributed by atoms with Gasteiger partial charge in [-0.2, -0.15) is 0 Å². The van der Waals surface area contributed by atoms with Gasteiger partial charge in [0.15, 0.2) is 0 Å². The van der Waals surface area contributed by atoms with Crippen LogP contribution in [0.4, 0.5) is 4.79 Å². The molecule has 7 atom stereocenters. The lowest BCUT2D eigenvalue weighted by atomic mass is 9.85. The number of hydrogen-bond acceptors (Lipinski definition) is 7. The van der Waals surface area contributed by atoms with Crippen LogP contribution < -0.4 is 26.4 Å². The minimum atomic E-state index is -3.48. The average Bonchev–Trinajstić information content (AvgIpc) is 3.74. The second-order valence-corrected chi connectivity index (χ2v) is 16.2. The highest BCUT2D eigenvalue weighted by molar-refractivity contribution is 7.88. The Bertz CT molecular complexity index is 1230. The van der Waals surface area contributed by atoms with Crippen LogP contribution in [0.1, 0.15) is 74.1 Å². The number of likely N-dealkylation sites (tertiary alicyclic amines) is 1. The number of primary amides is 1. The first-order chi connectivity index (χ1) is 19.7. The molecule has 6 N–H and O–H groups in total. The van der Waals surface area contributed by atoms with Crippen molar-refractivity contribution < 1.29 is 32.4 Å². The molecule has 0 bridgehead atoms. The maximum Gasteiger partial charge on any atom is 0.315 e. The normalized spacial score (nSPS) is 25.5. The summed E-state index contributed by atoms with van der Waals surface area (Å²) in [5, 5.41) is 8.35. The fourth-order valence-corrected chi connectivity index (χ4v) is 6.72. The lowest BCUT2D eigenvalue weighted by molar-refractivity contribution is -0.145. The highest BCUT2D eigenvalue weighted by Crippen LogP contribution is 2.65. The van der Waals surface area contributed by atoms with Crippen LogP contribution in [-0.4, -0.2) is 86.4 Å². The van der Waals surface area contributed by atoms with E-state index in [0.717, 1.165) is 19.1 Å². The van der Waals surface area contributed by atoms with Crippen LogP contribution in [0, 0.1) is 34.5 Å². The molecule has 1 saturated heterocycles. The van der Waals surface area contributed by atoms with Crippen molar-refractivity contribution in [3.63, 3.8) is 0 Å². The number of nitrogens with one attached hydrogen (secondary N) is 4. The number of nitrogens with two attached hydrogens (primary N) is 1. The summed E-state index contributed by atoms with van der Waals surface area (Å²) < 4.78 is 25.8. The number of carbonyl (C=O) groups excluding carboxylic acids is 5. The maximum absolute atomic E-state index is 14.1. The van der Waals surface area contributed by atoms with Gasteiger partial charge in [-0.1, -0.05) is 67.7 Å². The quantitative estimate of drug-likeness (QED) is 0.173. The summed E-state index contributed by atoms with van der Waals surface area (Å²) in [6.45, 7) is 13.6. The smallest absolute Gasteiger partial charge is 0.315 e. The topological polar surface area (TPSA) is 197 Å². The number of sulfonamides is 1. The van der Waals surface area contributed by atoms with Crippen LogP contribution in [0.15, 0.2) is 0 Å². The fraction of sp³-hybridized carbons (Fsp3) is 0.828. The Balaban J connectivity index is 1.80. The van der Waals surface area contributed by atoms with Gasteiger partial charge in [-0.3, -0.25) is 19.2 Å². The Morgan fingerprint density at radius 2 is 1.65 bits per heavy atom. The van der Waals surface area contributed by atoms with E-state index >= 15 is 0 Å². The first-order valence-corrected chi connectivity index (χ1v) is 17.0. The molecule has 5 amide bonds. The molecular formula is C29H50N6O7S. The van der Waals surface area contributed by atoms with Gasteiger partial charge in [0, 0.05) is 19.1 Å². The number of carbonyl (C=O) groups is 5. The summed E-state index contributed by atoms with van der Waals surface area (Å²) in [6.07, 6.45) is 3.87. The van der Waals surface area contributed by atoms with E-state index < -0.39 is 69.1 Å². The van der Waals surface area contributed by atoms with Crippen molar-refractivity contribution >= 4 is 39.6 Å².